The summed E-state index contributed by atoms with van der Waals surface area (Å²) in [6.07, 6.45) is 0. The Morgan fingerprint density at radius 3 is 1.74 bits per heavy atom. The second-order valence-corrected chi connectivity index (χ2v) is 16.8. The third-order valence-corrected chi connectivity index (χ3v) is 13.2. The van der Waals surface area contributed by atoms with Crippen LogP contribution in [-0.2, 0) is 0 Å². The summed E-state index contributed by atoms with van der Waals surface area (Å²) in [6.45, 7) is 0. The molecule has 0 aliphatic carbocycles. The minimum absolute atomic E-state index is 0.886. The lowest BCUT2D eigenvalue weighted by Crippen LogP contribution is -2.11. The van der Waals surface area contributed by atoms with Gasteiger partial charge in [-0.15, -0.1) is 0 Å². The molecule has 304 valence electrons. The molecule has 0 saturated heterocycles. The molecule has 2 heterocycles. The van der Waals surface area contributed by atoms with E-state index >= 15 is 0 Å². The Kier molecular flexibility index (Phi) is 8.53. The summed E-state index contributed by atoms with van der Waals surface area (Å²) in [6, 6.07) is 87.8. The van der Waals surface area contributed by atoms with Crippen LogP contribution >= 0.6 is 0 Å². The van der Waals surface area contributed by atoms with Gasteiger partial charge in [0.15, 0.2) is 0 Å². The van der Waals surface area contributed by atoms with Crippen LogP contribution < -0.4 is 4.90 Å². The Morgan fingerprint density at radius 1 is 0.323 bits per heavy atom. The Labute approximate surface area is 376 Å². The monoisotopic (exact) mass is 828 g/mol. The predicted molar refractivity (Wildman–Crippen MR) is 274 cm³/mol. The topological polar surface area (TPSA) is 21.3 Å². The number of benzene rings is 11. The van der Waals surface area contributed by atoms with E-state index in [2.05, 4.69) is 246 Å². The van der Waals surface area contributed by atoms with Gasteiger partial charge >= 0.3 is 0 Å². The molecule has 3 heteroatoms. The molecule has 0 aliphatic rings. The summed E-state index contributed by atoms with van der Waals surface area (Å²) in [5.41, 5.74) is 15.4. The molecule has 11 aromatic carbocycles. The van der Waals surface area contributed by atoms with Crippen molar-refractivity contribution in [3.63, 3.8) is 0 Å². The summed E-state index contributed by atoms with van der Waals surface area (Å²) in [4.78, 5) is 2.42. The molecule has 0 bridgehead atoms. The number of fused-ring (bicyclic) bond motifs is 9. The first-order valence-electron chi connectivity index (χ1n) is 22.2. The quantitative estimate of drug-likeness (QED) is 0.149. The zero-order chi connectivity index (χ0) is 42.8. The molecule has 0 unspecified atom stereocenters. The first-order chi connectivity index (χ1) is 32.2. The number of rotatable bonds is 7. The van der Waals surface area contributed by atoms with Crippen LogP contribution in [0, 0.1) is 0 Å². The molecule has 0 atom stereocenters. The largest absolute Gasteiger partial charge is 0.456 e. The lowest BCUT2D eigenvalue weighted by atomic mass is 9.95. The number of para-hydroxylation sites is 5. The van der Waals surface area contributed by atoms with Gasteiger partial charge < -0.3 is 13.9 Å². The van der Waals surface area contributed by atoms with Crippen LogP contribution in [0.2, 0.25) is 0 Å². The van der Waals surface area contributed by atoms with Crippen molar-refractivity contribution >= 4 is 82.4 Å². The fourth-order valence-electron chi connectivity index (χ4n) is 10.2. The van der Waals surface area contributed by atoms with Crippen LogP contribution in [0.3, 0.4) is 0 Å². The van der Waals surface area contributed by atoms with E-state index in [4.69, 9.17) is 4.42 Å². The van der Waals surface area contributed by atoms with Gasteiger partial charge in [-0.05, 0) is 111 Å². The summed E-state index contributed by atoms with van der Waals surface area (Å²) in [5, 5.41) is 9.74. The zero-order valence-corrected chi connectivity index (χ0v) is 35.4. The second-order valence-electron chi connectivity index (χ2n) is 16.8. The molecule has 13 aromatic rings. The van der Waals surface area contributed by atoms with Gasteiger partial charge in [0.1, 0.15) is 11.2 Å². The smallest absolute Gasteiger partial charge is 0.136 e. The highest BCUT2D eigenvalue weighted by Gasteiger charge is 2.21. The van der Waals surface area contributed by atoms with Crippen LogP contribution in [-0.4, -0.2) is 4.57 Å². The zero-order valence-electron chi connectivity index (χ0n) is 35.4. The van der Waals surface area contributed by atoms with E-state index in [0.717, 1.165) is 72.5 Å². The number of anilines is 3. The van der Waals surface area contributed by atoms with Crippen LogP contribution in [0.15, 0.2) is 247 Å². The molecular formula is C62H40N2O. The highest BCUT2D eigenvalue weighted by Crippen LogP contribution is 2.45. The van der Waals surface area contributed by atoms with Crippen molar-refractivity contribution in [1.82, 2.24) is 4.57 Å². The maximum Gasteiger partial charge on any atom is 0.136 e. The average Bonchev–Trinajstić information content (AvgIpc) is 3.93. The Morgan fingerprint density at radius 2 is 0.908 bits per heavy atom. The third-order valence-electron chi connectivity index (χ3n) is 13.2. The maximum atomic E-state index is 6.36. The molecule has 0 saturated carbocycles. The highest BCUT2D eigenvalue weighted by molar-refractivity contribution is 6.13. The first-order valence-corrected chi connectivity index (χ1v) is 22.2. The van der Waals surface area contributed by atoms with Crippen molar-refractivity contribution in [2.75, 3.05) is 4.90 Å². The Balaban J connectivity index is 0.983. The van der Waals surface area contributed by atoms with Gasteiger partial charge in [0.05, 0.1) is 22.4 Å². The number of hydrogen-bond acceptors (Lipinski definition) is 2. The highest BCUT2D eigenvalue weighted by atomic mass is 16.3. The molecule has 0 fully saturated rings. The minimum Gasteiger partial charge on any atom is -0.456 e. The summed E-state index contributed by atoms with van der Waals surface area (Å²) >= 11 is 0. The Bertz CT molecular complexity index is 3910. The molecule has 65 heavy (non-hydrogen) atoms. The fraction of sp³-hybridized carbons (Fsp3) is 0. The molecule has 3 nitrogen and oxygen atoms in total. The van der Waals surface area contributed by atoms with Crippen molar-refractivity contribution in [2.45, 2.75) is 0 Å². The SMILES string of the molecule is c1cc(-c2cccc3oc4ccccc4c23)cc(N(c2ccc(-c3ccccc3-n3c4ccccc4c4ccccc43)cc2)c2ccccc2-c2ccc3c(ccc4ccccc43)c2)c1. The van der Waals surface area contributed by atoms with Gasteiger partial charge in [-0.3, -0.25) is 0 Å². The van der Waals surface area contributed by atoms with Crippen molar-refractivity contribution in [3.05, 3.63) is 243 Å². The standard InChI is InChI=1S/C62H40N2O/c1-2-18-48-41(15-1)31-32-44-39-45(35-38-49(44)48)51-20-4-8-25-56(51)63(47-17-13-16-43(40-47)52-24-14-30-61-62(52)55-23-7-12-29-60(55)65-61)46-36-33-42(34-37-46)50-19-3-9-26-57(50)64-58-27-10-5-21-53(58)54-22-6-11-28-59(54)64/h1-40H. The second kappa shape index (κ2) is 15.0. The van der Waals surface area contributed by atoms with Crippen LogP contribution in [0.5, 0.6) is 0 Å². The van der Waals surface area contributed by atoms with Crippen LogP contribution in [0.1, 0.15) is 0 Å². The van der Waals surface area contributed by atoms with E-state index in [1.54, 1.807) is 0 Å². The summed E-state index contributed by atoms with van der Waals surface area (Å²) < 4.78 is 8.77. The molecule has 2 aromatic heterocycles. The van der Waals surface area contributed by atoms with Crippen LogP contribution in [0.4, 0.5) is 17.1 Å². The van der Waals surface area contributed by atoms with Gasteiger partial charge in [-0.2, -0.15) is 0 Å². The van der Waals surface area contributed by atoms with E-state index in [1.807, 2.05) is 6.07 Å². The van der Waals surface area contributed by atoms with E-state index in [1.165, 1.54) is 48.9 Å². The Hall–Kier alpha value is -8.66. The lowest BCUT2D eigenvalue weighted by Gasteiger charge is -2.28. The third kappa shape index (κ3) is 6.05. The first kappa shape index (κ1) is 36.9. The van der Waals surface area contributed by atoms with Gasteiger partial charge in [-0.1, -0.05) is 176 Å². The van der Waals surface area contributed by atoms with E-state index < -0.39 is 0 Å². The van der Waals surface area contributed by atoms with Gasteiger partial charge in [0, 0.05) is 44.0 Å². The summed E-state index contributed by atoms with van der Waals surface area (Å²) in [5.74, 6) is 0. The molecule has 0 amide bonds. The van der Waals surface area contributed by atoms with Gasteiger partial charge in [0.2, 0.25) is 0 Å². The van der Waals surface area contributed by atoms with E-state index in [9.17, 15) is 0 Å². The van der Waals surface area contributed by atoms with E-state index in [0.29, 0.717) is 0 Å². The molecule has 0 radical (unpaired) electrons. The van der Waals surface area contributed by atoms with Crippen LogP contribution in [0.25, 0.3) is 104 Å². The summed E-state index contributed by atoms with van der Waals surface area (Å²) in [7, 11) is 0. The van der Waals surface area contributed by atoms with Crippen molar-refractivity contribution < 1.29 is 4.42 Å². The predicted octanol–water partition coefficient (Wildman–Crippen LogP) is 17.5. The number of furan rings is 1. The average molecular weight is 829 g/mol. The molecular weight excluding hydrogens is 789 g/mol. The van der Waals surface area contributed by atoms with Gasteiger partial charge in [0.25, 0.3) is 0 Å². The lowest BCUT2D eigenvalue weighted by molar-refractivity contribution is 0.669. The molecule has 0 N–H and O–H groups in total. The van der Waals surface area contributed by atoms with Crippen molar-refractivity contribution in [3.8, 4) is 39.1 Å². The minimum atomic E-state index is 0.886. The normalized spacial score (nSPS) is 11.7. The molecule has 0 aliphatic heterocycles. The molecule has 13 rings (SSSR count). The number of aromatic nitrogens is 1. The molecule has 0 spiro atoms. The van der Waals surface area contributed by atoms with Gasteiger partial charge in [-0.25, -0.2) is 0 Å². The van der Waals surface area contributed by atoms with Crippen molar-refractivity contribution in [2.24, 2.45) is 0 Å². The maximum absolute atomic E-state index is 6.36. The number of nitrogens with zero attached hydrogens (tertiary/aromatic N) is 2. The fourth-order valence-corrected chi connectivity index (χ4v) is 10.2. The van der Waals surface area contributed by atoms with E-state index in [-0.39, 0.29) is 0 Å². The number of hydrogen-bond donors (Lipinski definition) is 0. The van der Waals surface area contributed by atoms with Crippen molar-refractivity contribution in [1.29, 1.82) is 0 Å².